The lowest BCUT2D eigenvalue weighted by Gasteiger charge is -2.11. The summed E-state index contributed by atoms with van der Waals surface area (Å²) in [6.07, 6.45) is -6.32. The Balaban J connectivity index is 1.51. The Labute approximate surface area is 252 Å². The Kier molecular flexibility index (Phi) is 7.16. The van der Waals surface area contributed by atoms with Crippen molar-refractivity contribution in [1.82, 2.24) is 29.4 Å². The third-order valence-electron chi connectivity index (χ3n) is 6.78. The number of thiophene rings is 2. The fourth-order valence-corrected chi connectivity index (χ4v) is 6.48. The molecule has 0 unspecified atom stereocenters. The van der Waals surface area contributed by atoms with Crippen molar-refractivity contribution in [3.63, 3.8) is 0 Å². The first-order chi connectivity index (χ1) is 20.9. The second-order valence-corrected chi connectivity index (χ2v) is 11.4. The molecular formula is C27H19F5N8O2S2. The van der Waals surface area contributed by atoms with Crippen LogP contribution in [0, 0.1) is 6.92 Å². The minimum absolute atomic E-state index is 0.0119. The number of aromatic nitrogens is 6. The zero-order valence-electron chi connectivity index (χ0n) is 22.6. The van der Waals surface area contributed by atoms with E-state index in [-0.39, 0.29) is 37.7 Å². The Morgan fingerprint density at radius 3 is 2.52 bits per heavy atom. The van der Waals surface area contributed by atoms with Gasteiger partial charge < -0.3 is 11.1 Å². The van der Waals surface area contributed by atoms with Crippen LogP contribution in [0.15, 0.2) is 41.9 Å². The summed E-state index contributed by atoms with van der Waals surface area (Å²) in [4.78, 5) is 34.5. The molecule has 17 heteroatoms. The first-order valence-electron chi connectivity index (χ1n) is 12.8. The third-order valence-corrected chi connectivity index (χ3v) is 8.78. The lowest BCUT2D eigenvalue weighted by Crippen LogP contribution is -2.18. The van der Waals surface area contributed by atoms with E-state index in [2.05, 4.69) is 25.5 Å². The van der Waals surface area contributed by atoms with Crippen LogP contribution in [0.1, 0.15) is 50.6 Å². The predicted octanol–water partition coefficient (Wildman–Crippen LogP) is 6.57. The number of pyridine rings is 1. The maximum Gasteiger partial charge on any atom is 0.433 e. The maximum absolute atomic E-state index is 14.0. The van der Waals surface area contributed by atoms with E-state index in [0.29, 0.717) is 38.5 Å². The highest BCUT2D eigenvalue weighted by atomic mass is 32.1. The summed E-state index contributed by atoms with van der Waals surface area (Å²) in [5.74, 6) is -1.97. The van der Waals surface area contributed by atoms with Crippen molar-refractivity contribution < 1.29 is 31.5 Å². The van der Waals surface area contributed by atoms with Crippen LogP contribution in [0.4, 0.5) is 27.6 Å². The van der Waals surface area contributed by atoms with Crippen molar-refractivity contribution in [3.05, 3.63) is 69.6 Å². The highest BCUT2D eigenvalue weighted by Crippen LogP contribution is 2.43. The first-order valence-corrected chi connectivity index (χ1v) is 14.5. The quantitative estimate of drug-likeness (QED) is 0.189. The van der Waals surface area contributed by atoms with Gasteiger partial charge in [0.05, 0.1) is 22.5 Å². The number of nitrogens with one attached hydrogen (secondary N) is 1. The van der Waals surface area contributed by atoms with Crippen LogP contribution >= 0.6 is 22.7 Å². The summed E-state index contributed by atoms with van der Waals surface area (Å²) >= 11 is 1.88. The monoisotopic (exact) mass is 646 g/mol. The van der Waals surface area contributed by atoms with Gasteiger partial charge in [0.15, 0.2) is 17.0 Å². The van der Waals surface area contributed by atoms with Crippen molar-refractivity contribution in [2.45, 2.75) is 33.0 Å². The van der Waals surface area contributed by atoms with Gasteiger partial charge in [0.25, 0.3) is 18.2 Å². The number of fused-ring (bicyclic) bond motifs is 2. The number of carbonyl (C=O) groups excluding carboxylic acids is 2. The molecule has 6 aromatic heterocycles. The van der Waals surface area contributed by atoms with E-state index < -0.39 is 41.5 Å². The number of nitrogens with two attached hydrogens (primary N) is 1. The summed E-state index contributed by atoms with van der Waals surface area (Å²) in [7, 11) is 0. The molecule has 0 aliphatic heterocycles. The van der Waals surface area contributed by atoms with E-state index in [1.165, 1.54) is 17.5 Å². The number of carbonyl (C=O) groups is 2. The summed E-state index contributed by atoms with van der Waals surface area (Å²) < 4.78 is 71.9. The molecule has 10 nitrogen and oxygen atoms in total. The molecule has 0 fully saturated rings. The number of anilines is 1. The highest BCUT2D eigenvalue weighted by molar-refractivity contribution is 7.21. The second-order valence-electron chi connectivity index (χ2n) is 9.46. The molecule has 2 amide bonds. The highest BCUT2D eigenvalue weighted by Gasteiger charge is 2.36. The van der Waals surface area contributed by atoms with E-state index in [1.54, 1.807) is 29.1 Å². The van der Waals surface area contributed by atoms with Crippen molar-refractivity contribution in [2.75, 3.05) is 5.32 Å². The van der Waals surface area contributed by atoms with Gasteiger partial charge in [0.2, 0.25) is 0 Å². The molecule has 44 heavy (non-hydrogen) atoms. The number of hydrogen-bond acceptors (Lipinski definition) is 8. The molecule has 0 aromatic carbocycles. The molecule has 0 atom stereocenters. The van der Waals surface area contributed by atoms with Crippen LogP contribution in [0.2, 0.25) is 0 Å². The van der Waals surface area contributed by atoms with Gasteiger partial charge in [0.1, 0.15) is 15.4 Å². The standard InChI is InChI=1S/C27H19F5N8O2S2/c1-3-39-11(2)13(10-34-39)12-7-15(23(28)29)36-26-20(12)21(22(44-26)24(33)41)37-25(42)16-9-19-35-14(17-5-4-6-43-17)8-18(27(30,31)32)40(19)38-16/h4-10,23H,3H2,1-2H3,(H2,33,41)(H,37,42). The molecular weight excluding hydrogens is 627 g/mol. The lowest BCUT2D eigenvalue weighted by molar-refractivity contribution is -0.142. The molecule has 0 spiro atoms. The summed E-state index contributed by atoms with van der Waals surface area (Å²) in [5, 5.41) is 12.5. The Morgan fingerprint density at radius 2 is 1.91 bits per heavy atom. The molecule has 3 N–H and O–H groups in total. The second kappa shape index (κ2) is 10.7. The first kappa shape index (κ1) is 29.3. The Hall–Kier alpha value is -4.77. The van der Waals surface area contributed by atoms with Crippen LogP contribution in [0.3, 0.4) is 0 Å². The zero-order chi connectivity index (χ0) is 31.5. The number of nitrogens with zero attached hydrogens (tertiary/aromatic N) is 6. The lowest BCUT2D eigenvalue weighted by atomic mass is 10.0. The molecule has 0 aliphatic carbocycles. The van der Waals surface area contributed by atoms with Gasteiger partial charge >= 0.3 is 6.18 Å². The van der Waals surface area contributed by atoms with Gasteiger partial charge in [-0.25, -0.2) is 23.3 Å². The minimum atomic E-state index is -4.83. The molecule has 6 rings (SSSR count). The van der Waals surface area contributed by atoms with E-state index in [0.717, 1.165) is 18.2 Å². The largest absolute Gasteiger partial charge is 0.433 e. The van der Waals surface area contributed by atoms with Crippen molar-refractivity contribution >= 4 is 56.0 Å². The molecule has 6 heterocycles. The molecule has 226 valence electrons. The average molecular weight is 647 g/mol. The summed E-state index contributed by atoms with van der Waals surface area (Å²) in [6, 6.07) is 6.32. The SMILES string of the molecule is CCn1ncc(-c2cc(C(F)F)nc3sc(C(N)=O)c(NC(=O)c4cc5nc(-c6cccs6)cc(C(F)(F)F)n5n4)c23)c1C. The molecule has 0 bridgehead atoms. The van der Waals surface area contributed by atoms with E-state index >= 15 is 0 Å². The van der Waals surface area contributed by atoms with Crippen LogP contribution in [-0.2, 0) is 12.7 Å². The molecule has 0 aliphatic rings. The van der Waals surface area contributed by atoms with Gasteiger partial charge in [0, 0.05) is 29.3 Å². The number of hydrogen-bond donors (Lipinski definition) is 2. The number of halogens is 5. The average Bonchev–Trinajstić information content (AvgIpc) is 3.76. The topological polar surface area (TPSA) is 133 Å². The fourth-order valence-electron chi connectivity index (χ4n) is 4.78. The van der Waals surface area contributed by atoms with E-state index in [9.17, 15) is 31.5 Å². The fraction of sp³-hybridized carbons (Fsp3) is 0.185. The van der Waals surface area contributed by atoms with Crippen LogP contribution in [-0.4, -0.2) is 41.2 Å². The normalized spacial score (nSPS) is 12.1. The van der Waals surface area contributed by atoms with Crippen molar-refractivity contribution in [2.24, 2.45) is 5.73 Å². The maximum atomic E-state index is 14.0. The van der Waals surface area contributed by atoms with Gasteiger partial charge in [-0.15, -0.1) is 22.7 Å². The third kappa shape index (κ3) is 4.96. The molecule has 0 saturated heterocycles. The van der Waals surface area contributed by atoms with Gasteiger partial charge in [-0.2, -0.15) is 23.4 Å². The molecule has 0 saturated carbocycles. The predicted molar refractivity (Wildman–Crippen MR) is 154 cm³/mol. The van der Waals surface area contributed by atoms with E-state index in [1.807, 2.05) is 6.92 Å². The van der Waals surface area contributed by atoms with Crippen LogP contribution in [0.25, 0.3) is 37.6 Å². The summed E-state index contributed by atoms with van der Waals surface area (Å²) in [5.41, 5.74) is 4.35. The zero-order valence-corrected chi connectivity index (χ0v) is 24.2. The van der Waals surface area contributed by atoms with Crippen LogP contribution in [0.5, 0.6) is 0 Å². The molecule has 6 aromatic rings. The minimum Gasteiger partial charge on any atom is -0.365 e. The number of primary amides is 1. The number of amides is 2. The number of alkyl halides is 5. The van der Waals surface area contributed by atoms with Gasteiger partial charge in [-0.3, -0.25) is 14.3 Å². The van der Waals surface area contributed by atoms with Gasteiger partial charge in [-0.05, 0) is 43.0 Å². The van der Waals surface area contributed by atoms with Crippen LogP contribution < -0.4 is 11.1 Å². The smallest absolute Gasteiger partial charge is 0.365 e. The van der Waals surface area contributed by atoms with E-state index in [4.69, 9.17) is 5.73 Å². The van der Waals surface area contributed by atoms with Crippen molar-refractivity contribution in [3.8, 4) is 21.7 Å². The summed E-state index contributed by atoms with van der Waals surface area (Å²) in [6.45, 7) is 4.05. The van der Waals surface area contributed by atoms with Gasteiger partial charge in [-0.1, -0.05) is 6.07 Å². The number of aryl methyl sites for hydroxylation is 1. The Bertz CT molecular complexity index is 2080. The Morgan fingerprint density at radius 1 is 1.14 bits per heavy atom. The molecule has 0 radical (unpaired) electrons. The van der Waals surface area contributed by atoms with Crippen molar-refractivity contribution in [1.29, 1.82) is 0 Å². The number of rotatable bonds is 7.